The van der Waals surface area contributed by atoms with Gasteiger partial charge < -0.3 is 14.5 Å². The van der Waals surface area contributed by atoms with Gasteiger partial charge in [0.05, 0.1) is 12.4 Å². The zero-order valence-corrected chi connectivity index (χ0v) is 14.1. The molecule has 0 radical (unpaired) electrons. The second-order valence-corrected chi connectivity index (χ2v) is 6.11. The van der Waals surface area contributed by atoms with E-state index in [0.29, 0.717) is 11.6 Å². The summed E-state index contributed by atoms with van der Waals surface area (Å²) in [5, 5.41) is 0. The molecule has 1 saturated heterocycles. The third-order valence-electron chi connectivity index (χ3n) is 3.77. The second kappa shape index (κ2) is 8.62. The molecule has 6 heteroatoms. The van der Waals surface area contributed by atoms with Crippen molar-refractivity contribution in [3.63, 3.8) is 0 Å². The van der Waals surface area contributed by atoms with Gasteiger partial charge in [-0.15, -0.1) is 6.58 Å². The summed E-state index contributed by atoms with van der Waals surface area (Å²) in [5.74, 6) is 0.349. The van der Waals surface area contributed by atoms with Crippen molar-refractivity contribution in [1.82, 2.24) is 19.8 Å². The summed E-state index contributed by atoms with van der Waals surface area (Å²) in [5.41, 5.74) is 0.358. The van der Waals surface area contributed by atoms with Gasteiger partial charge >= 0.3 is 0 Å². The van der Waals surface area contributed by atoms with Gasteiger partial charge in [-0.1, -0.05) is 6.08 Å². The first kappa shape index (κ1) is 17.4. The van der Waals surface area contributed by atoms with Gasteiger partial charge in [-0.3, -0.25) is 9.78 Å². The Morgan fingerprint density at radius 1 is 1.43 bits per heavy atom. The lowest BCUT2D eigenvalue weighted by atomic mass is 10.2. The molecule has 6 nitrogen and oxygen atoms in total. The Morgan fingerprint density at radius 2 is 2.17 bits per heavy atom. The minimum Gasteiger partial charge on any atom is -0.472 e. The lowest BCUT2D eigenvalue weighted by Gasteiger charge is -2.22. The van der Waals surface area contributed by atoms with Crippen LogP contribution in [0.2, 0.25) is 0 Å². The summed E-state index contributed by atoms with van der Waals surface area (Å²) in [6, 6.07) is 0. The van der Waals surface area contributed by atoms with Crippen LogP contribution in [0.25, 0.3) is 0 Å². The zero-order valence-electron chi connectivity index (χ0n) is 14.1. The predicted molar refractivity (Wildman–Crippen MR) is 89.6 cm³/mol. The Bertz CT molecular complexity index is 527. The molecule has 0 spiro atoms. The highest BCUT2D eigenvalue weighted by Gasteiger charge is 2.21. The smallest absolute Gasteiger partial charge is 0.274 e. The first-order valence-electron chi connectivity index (χ1n) is 8.13. The maximum absolute atomic E-state index is 12.4. The number of carbonyl (C=O) groups is 1. The number of ether oxygens (including phenoxy) is 1. The van der Waals surface area contributed by atoms with Crippen LogP contribution in [0.5, 0.6) is 5.88 Å². The van der Waals surface area contributed by atoms with Crippen molar-refractivity contribution >= 4 is 5.91 Å². The van der Waals surface area contributed by atoms with Gasteiger partial charge in [-0.2, -0.15) is 0 Å². The Balaban J connectivity index is 2.04. The molecule has 1 aromatic rings. The van der Waals surface area contributed by atoms with Crippen LogP contribution in [0.15, 0.2) is 25.0 Å². The van der Waals surface area contributed by atoms with E-state index in [9.17, 15) is 4.79 Å². The lowest BCUT2D eigenvalue weighted by molar-refractivity contribution is 0.0783. The number of carbonyl (C=O) groups excluding carboxylic acids is 1. The molecule has 1 atom stereocenters. The van der Waals surface area contributed by atoms with Gasteiger partial charge in [0.2, 0.25) is 5.88 Å². The van der Waals surface area contributed by atoms with E-state index in [4.69, 9.17) is 4.74 Å². The number of likely N-dealkylation sites (N-methyl/N-ethyl adjacent to an activating group) is 1. The zero-order chi connectivity index (χ0) is 16.7. The number of nitrogens with zero attached hydrogens (tertiary/aromatic N) is 4. The van der Waals surface area contributed by atoms with Crippen molar-refractivity contribution in [3.8, 4) is 5.88 Å². The van der Waals surface area contributed by atoms with Crippen LogP contribution in [-0.4, -0.2) is 65.5 Å². The van der Waals surface area contributed by atoms with E-state index in [1.54, 1.807) is 6.20 Å². The number of amides is 1. The van der Waals surface area contributed by atoms with Crippen LogP contribution in [-0.2, 0) is 0 Å². The highest BCUT2D eigenvalue weighted by molar-refractivity contribution is 5.92. The fourth-order valence-electron chi connectivity index (χ4n) is 2.66. The van der Waals surface area contributed by atoms with Gasteiger partial charge in [0.15, 0.2) is 5.69 Å². The fraction of sp³-hybridized carbons (Fsp3) is 0.588. The molecule has 2 heterocycles. The third kappa shape index (κ3) is 5.32. The molecule has 0 bridgehead atoms. The molecular weight excluding hydrogens is 292 g/mol. The van der Waals surface area contributed by atoms with E-state index < -0.39 is 0 Å². The van der Waals surface area contributed by atoms with E-state index in [0.717, 1.165) is 45.3 Å². The fourth-order valence-corrected chi connectivity index (χ4v) is 2.66. The SMILES string of the molecule is C=CCCC(CN(C)C)Oc1cncc(C(=O)N2CCCC2)n1. The molecule has 1 aliphatic rings. The Kier molecular flexibility index (Phi) is 6.52. The van der Waals surface area contributed by atoms with Crippen molar-refractivity contribution in [2.75, 3.05) is 33.7 Å². The Morgan fingerprint density at radius 3 is 2.83 bits per heavy atom. The highest BCUT2D eigenvalue weighted by atomic mass is 16.5. The van der Waals surface area contributed by atoms with E-state index >= 15 is 0 Å². The van der Waals surface area contributed by atoms with E-state index in [1.165, 1.54) is 6.20 Å². The van der Waals surface area contributed by atoms with Crippen LogP contribution in [0.3, 0.4) is 0 Å². The molecule has 0 aliphatic carbocycles. The summed E-state index contributed by atoms with van der Waals surface area (Å²) in [4.78, 5) is 24.7. The summed E-state index contributed by atoms with van der Waals surface area (Å²) < 4.78 is 5.95. The first-order chi connectivity index (χ1) is 11.1. The number of allylic oxidation sites excluding steroid dienone is 1. The molecule has 1 aliphatic heterocycles. The monoisotopic (exact) mass is 318 g/mol. The predicted octanol–water partition coefficient (Wildman–Crippen LogP) is 1.99. The molecule has 1 aromatic heterocycles. The molecule has 1 fully saturated rings. The number of hydrogen-bond acceptors (Lipinski definition) is 5. The minimum atomic E-state index is -0.0595. The van der Waals surface area contributed by atoms with Gasteiger partial charge in [0.1, 0.15) is 6.10 Å². The first-order valence-corrected chi connectivity index (χ1v) is 8.13. The molecular formula is C17H26N4O2. The molecule has 0 aromatic carbocycles. The van der Waals surface area contributed by atoms with Crippen LogP contribution in [0.4, 0.5) is 0 Å². The second-order valence-electron chi connectivity index (χ2n) is 6.11. The summed E-state index contributed by atoms with van der Waals surface area (Å²) in [6.07, 6.45) is 8.80. The number of likely N-dealkylation sites (tertiary alicyclic amines) is 1. The van der Waals surface area contributed by atoms with Gasteiger partial charge in [-0.05, 0) is 39.8 Å². The van der Waals surface area contributed by atoms with Crippen molar-refractivity contribution in [1.29, 1.82) is 0 Å². The average Bonchev–Trinajstić information content (AvgIpc) is 3.06. The molecule has 2 rings (SSSR count). The average molecular weight is 318 g/mol. The lowest BCUT2D eigenvalue weighted by Crippen LogP contribution is -2.31. The number of rotatable bonds is 8. The Labute approximate surface area is 138 Å². The highest BCUT2D eigenvalue weighted by Crippen LogP contribution is 2.15. The van der Waals surface area contributed by atoms with Crippen molar-refractivity contribution < 1.29 is 9.53 Å². The van der Waals surface area contributed by atoms with E-state index in [1.807, 2.05) is 25.1 Å². The molecule has 1 amide bonds. The third-order valence-corrected chi connectivity index (χ3v) is 3.77. The molecule has 0 N–H and O–H groups in total. The summed E-state index contributed by atoms with van der Waals surface area (Å²) in [6.45, 7) is 6.13. The largest absolute Gasteiger partial charge is 0.472 e. The van der Waals surface area contributed by atoms with Gasteiger partial charge in [-0.25, -0.2) is 4.98 Å². The molecule has 1 unspecified atom stereocenters. The van der Waals surface area contributed by atoms with Gasteiger partial charge in [0.25, 0.3) is 5.91 Å². The van der Waals surface area contributed by atoms with E-state index in [2.05, 4.69) is 21.4 Å². The summed E-state index contributed by atoms with van der Waals surface area (Å²) in [7, 11) is 4.01. The summed E-state index contributed by atoms with van der Waals surface area (Å²) >= 11 is 0. The van der Waals surface area contributed by atoms with Crippen LogP contribution < -0.4 is 4.74 Å². The van der Waals surface area contributed by atoms with E-state index in [-0.39, 0.29) is 12.0 Å². The molecule has 0 saturated carbocycles. The molecule has 23 heavy (non-hydrogen) atoms. The van der Waals surface area contributed by atoms with Gasteiger partial charge in [0, 0.05) is 19.6 Å². The van der Waals surface area contributed by atoms with Crippen molar-refractivity contribution in [2.45, 2.75) is 31.8 Å². The number of aromatic nitrogens is 2. The molecule has 126 valence electrons. The number of hydrogen-bond donors (Lipinski definition) is 0. The van der Waals surface area contributed by atoms with Crippen LogP contribution in [0.1, 0.15) is 36.2 Å². The standard InChI is InChI=1S/C17H26N4O2/c1-4-5-8-14(13-20(2)3)23-16-12-18-11-15(19-16)17(22)21-9-6-7-10-21/h4,11-12,14H,1,5-10,13H2,2-3H3. The maximum atomic E-state index is 12.4. The Hall–Kier alpha value is -1.95. The topological polar surface area (TPSA) is 58.6 Å². The van der Waals surface area contributed by atoms with Crippen molar-refractivity contribution in [2.24, 2.45) is 0 Å². The maximum Gasteiger partial charge on any atom is 0.274 e. The minimum absolute atomic E-state index is 0.00515. The quantitative estimate of drug-likeness (QED) is 0.686. The normalized spacial score (nSPS) is 15.7. The van der Waals surface area contributed by atoms with Crippen LogP contribution >= 0.6 is 0 Å². The van der Waals surface area contributed by atoms with Crippen LogP contribution in [0, 0.1) is 0 Å². The van der Waals surface area contributed by atoms with Crippen molar-refractivity contribution in [3.05, 3.63) is 30.7 Å².